The number of carbonyl (C=O) groups excluding carboxylic acids is 1. The van der Waals surface area contributed by atoms with E-state index in [0.717, 1.165) is 44.6 Å². The molecule has 6 heteroatoms. The SMILES string of the molecule is Cn1cnnc1[C@H]1CCCN(C(=O)CCCc2cccs2)C1. The van der Waals surface area contributed by atoms with Crippen molar-refractivity contribution in [1.29, 1.82) is 0 Å². The molecule has 1 saturated heterocycles. The fraction of sp³-hybridized carbons (Fsp3) is 0.562. The van der Waals surface area contributed by atoms with Crippen molar-refractivity contribution >= 4 is 17.2 Å². The molecule has 118 valence electrons. The van der Waals surface area contributed by atoms with Gasteiger partial charge in [-0.3, -0.25) is 4.79 Å². The van der Waals surface area contributed by atoms with Gasteiger partial charge in [0.05, 0.1) is 0 Å². The Morgan fingerprint density at radius 2 is 2.41 bits per heavy atom. The van der Waals surface area contributed by atoms with E-state index < -0.39 is 0 Å². The number of rotatable bonds is 5. The number of piperidine rings is 1. The van der Waals surface area contributed by atoms with Gasteiger partial charge in [-0.1, -0.05) is 6.07 Å². The number of likely N-dealkylation sites (tertiary alicyclic amines) is 1. The maximum Gasteiger partial charge on any atom is 0.222 e. The van der Waals surface area contributed by atoms with Crippen LogP contribution >= 0.6 is 11.3 Å². The average Bonchev–Trinajstić information content (AvgIpc) is 3.19. The van der Waals surface area contributed by atoms with E-state index in [2.05, 4.69) is 27.7 Å². The summed E-state index contributed by atoms with van der Waals surface area (Å²) in [5.41, 5.74) is 0. The van der Waals surface area contributed by atoms with Gasteiger partial charge in [-0.05, 0) is 37.1 Å². The first-order chi connectivity index (χ1) is 10.7. The van der Waals surface area contributed by atoms with Crippen LogP contribution in [0.1, 0.15) is 42.3 Å². The van der Waals surface area contributed by atoms with Crippen molar-refractivity contribution in [2.45, 2.75) is 38.0 Å². The Morgan fingerprint density at radius 3 is 3.14 bits per heavy atom. The lowest BCUT2D eigenvalue weighted by Gasteiger charge is -2.32. The van der Waals surface area contributed by atoms with Gasteiger partial charge in [0.25, 0.3) is 0 Å². The maximum atomic E-state index is 12.4. The number of nitrogens with zero attached hydrogens (tertiary/aromatic N) is 4. The first-order valence-electron chi connectivity index (χ1n) is 7.88. The highest BCUT2D eigenvalue weighted by Crippen LogP contribution is 2.25. The minimum absolute atomic E-state index is 0.281. The van der Waals surface area contributed by atoms with Gasteiger partial charge in [-0.15, -0.1) is 21.5 Å². The second-order valence-electron chi connectivity index (χ2n) is 5.91. The molecule has 5 nitrogen and oxygen atoms in total. The topological polar surface area (TPSA) is 51.0 Å². The minimum Gasteiger partial charge on any atom is -0.342 e. The van der Waals surface area contributed by atoms with Gasteiger partial charge in [0.15, 0.2) is 0 Å². The predicted molar refractivity (Wildman–Crippen MR) is 86.8 cm³/mol. The van der Waals surface area contributed by atoms with Crippen molar-refractivity contribution in [3.63, 3.8) is 0 Å². The smallest absolute Gasteiger partial charge is 0.222 e. The maximum absolute atomic E-state index is 12.4. The van der Waals surface area contributed by atoms with Crippen LogP contribution in [0.4, 0.5) is 0 Å². The van der Waals surface area contributed by atoms with E-state index in [9.17, 15) is 4.79 Å². The van der Waals surface area contributed by atoms with E-state index in [-0.39, 0.29) is 5.91 Å². The molecule has 22 heavy (non-hydrogen) atoms. The highest BCUT2D eigenvalue weighted by Gasteiger charge is 2.27. The van der Waals surface area contributed by atoms with Crippen LogP contribution in [0.15, 0.2) is 23.8 Å². The molecular formula is C16H22N4OS. The van der Waals surface area contributed by atoms with E-state index in [1.54, 1.807) is 17.7 Å². The number of hydrogen-bond acceptors (Lipinski definition) is 4. The molecular weight excluding hydrogens is 296 g/mol. The zero-order chi connectivity index (χ0) is 15.4. The molecule has 0 aliphatic carbocycles. The highest BCUT2D eigenvalue weighted by atomic mass is 32.1. The number of aromatic nitrogens is 3. The van der Waals surface area contributed by atoms with Gasteiger partial charge in [0.1, 0.15) is 12.2 Å². The van der Waals surface area contributed by atoms with Crippen LogP contribution in [-0.4, -0.2) is 38.7 Å². The third-order valence-corrected chi connectivity index (χ3v) is 5.22. The summed E-state index contributed by atoms with van der Waals surface area (Å²) in [6.45, 7) is 1.66. The van der Waals surface area contributed by atoms with Crippen molar-refractivity contribution < 1.29 is 4.79 Å². The number of hydrogen-bond donors (Lipinski definition) is 0. The summed E-state index contributed by atoms with van der Waals surface area (Å²) in [7, 11) is 1.97. The van der Waals surface area contributed by atoms with Crippen LogP contribution in [0.3, 0.4) is 0 Å². The molecule has 1 amide bonds. The summed E-state index contributed by atoms with van der Waals surface area (Å²) in [6, 6.07) is 4.21. The van der Waals surface area contributed by atoms with Crippen LogP contribution < -0.4 is 0 Å². The van der Waals surface area contributed by atoms with Crippen LogP contribution in [0.5, 0.6) is 0 Å². The number of thiophene rings is 1. The summed E-state index contributed by atoms with van der Waals surface area (Å²) in [5.74, 6) is 1.60. The lowest BCUT2D eigenvalue weighted by molar-refractivity contribution is -0.132. The average molecular weight is 318 g/mol. The molecule has 1 fully saturated rings. The molecule has 1 aliphatic rings. The summed E-state index contributed by atoms with van der Waals surface area (Å²) in [4.78, 5) is 15.8. The Balaban J connectivity index is 1.51. The number of carbonyl (C=O) groups is 1. The molecule has 1 atom stereocenters. The van der Waals surface area contributed by atoms with Crippen LogP contribution in [0.25, 0.3) is 0 Å². The molecule has 0 unspecified atom stereocenters. The van der Waals surface area contributed by atoms with E-state index >= 15 is 0 Å². The van der Waals surface area contributed by atoms with Crippen LogP contribution in [0.2, 0.25) is 0 Å². The largest absolute Gasteiger partial charge is 0.342 e. The molecule has 3 rings (SSSR count). The highest BCUT2D eigenvalue weighted by molar-refractivity contribution is 7.09. The summed E-state index contributed by atoms with van der Waals surface area (Å²) in [6.07, 6.45) is 6.45. The van der Waals surface area contributed by atoms with Gasteiger partial charge < -0.3 is 9.47 Å². The fourth-order valence-corrected chi connectivity index (χ4v) is 3.85. The molecule has 2 aromatic heterocycles. The van der Waals surface area contributed by atoms with E-state index in [1.165, 1.54) is 4.88 Å². The quantitative estimate of drug-likeness (QED) is 0.851. The molecule has 0 aromatic carbocycles. The molecule has 3 heterocycles. The Labute approximate surface area is 135 Å². The minimum atomic E-state index is 0.281. The third kappa shape index (κ3) is 3.55. The molecule has 0 spiro atoms. The van der Waals surface area contributed by atoms with Crippen molar-refractivity contribution in [2.75, 3.05) is 13.1 Å². The van der Waals surface area contributed by atoms with Gasteiger partial charge in [-0.2, -0.15) is 0 Å². The van der Waals surface area contributed by atoms with Crippen molar-refractivity contribution in [3.8, 4) is 0 Å². The standard InChI is InChI=1S/C16H22N4OS/c1-19-12-17-18-16(19)13-5-3-9-20(11-13)15(21)8-2-6-14-7-4-10-22-14/h4,7,10,12-13H,2-3,5-6,8-9,11H2,1H3/t13-/m0/s1. The summed E-state index contributed by atoms with van der Waals surface area (Å²) < 4.78 is 1.97. The third-order valence-electron chi connectivity index (χ3n) is 4.28. The summed E-state index contributed by atoms with van der Waals surface area (Å²) in [5, 5.41) is 10.3. The molecule has 0 radical (unpaired) electrons. The van der Waals surface area contributed by atoms with E-state index in [0.29, 0.717) is 12.3 Å². The zero-order valence-corrected chi connectivity index (χ0v) is 13.8. The van der Waals surface area contributed by atoms with Gasteiger partial charge in [0.2, 0.25) is 5.91 Å². The van der Waals surface area contributed by atoms with Crippen molar-refractivity contribution in [1.82, 2.24) is 19.7 Å². The lowest BCUT2D eigenvalue weighted by atomic mass is 9.96. The monoisotopic (exact) mass is 318 g/mol. The summed E-state index contributed by atoms with van der Waals surface area (Å²) >= 11 is 1.77. The van der Waals surface area contributed by atoms with Gasteiger partial charge in [-0.25, -0.2) is 0 Å². The first-order valence-corrected chi connectivity index (χ1v) is 8.76. The molecule has 2 aromatic rings. The van der Waals surface area contributed by atoms with Crippen LogP contribution in [-0.2, 0) is 18.3 Å². The molecule has 0 bridgehead atoms. The Morgan fingerprint density at radius 1 is 1.50 bits per heavy atom. The second-order valence-corrected chi connectivity index (χ2v) is 6.94. The van der Waals surface area contributed by atoms with Gasteiger partial charge >= 0.3 is 0 Å². The van der Waals surface area contributed by atoms with E-state index in [4.69, 9.17) is 0 Å². The number of amides is 1. The van der Waals surface area contributed by atoms with Crippen molar-refractivity contribution in [2.24, 2.45) is 7.05 Å². The fourth-order valence-electron chi connectivity index (χ4n) is 3.10. The Hall–Kier alpha value is -1.69. The Kier molecular flexibility index (Phi) is 4.87. The molecule has 0 N–H and O–H groups in total. The Bertz CT molecular complexity index is 607. The number of aryl methyl sites for hydroxylation is 2. The normalized spacial score (nSPS) is 18.6. The van der Waals surface area contributed by atoms with Gasteiger partial charge in [0, 0.05) is 37.4 Å². The lowest BCUT2D eigenvalue weighted by Crippen LogP contribution is -2.39. The predicted octanol–water partition coefficient (Wildman–Crippen LogP) is 2.61. The molecule has 0 saturated carbocycles. The second kappa shape index (κ2) is 7.05. The zero-order valence-electron chi connectivity index (χ0n) is 12.9. The van der Waals surface area contributed by atoms with E-state index in [1.807, 2.05) is 16.5 Å². The van der Waals surface area contributed by atoms with Crippen molar-refractivity contribution in [3.05, 3.63) is 34.5 Å². The first kappa shape index (κ1) is 15.2. The van der Waals surface area contributed by atoms with Crippen LogP contribution in [0, 0.1) is 0 Å². The molecule has 1 aliphatic heterocycles.